The number of hydrogen-bond acceptors (Lipinski definition) is 2. The van der Waals surface area contributed by atoms with Crippen molar-refractivity contribution in [1.82, 2.24) is 10.2 Å². The Labute approximate surface area is 87.9 Å². The average molecular weight is 210 g/mol. The topological polar surface area (TPSA) is 54.7 Å². The van der Waals surface area contributed by atoms with Crippen LogP contribution in [0.15, 0.2) is 36.5 Å². The van der Waals surface area contributed by atoms with Crippen molar-refractivity contribution >= 4 is 11.6 Å². The lowest BCUT2D eigenvalue weighted by Gasteiger charge is -1.94. The molecule has 74 valence electrons. The number of halogens is 1. The molecule has 0 spiro atoms. The molecule has 3 nitrogen and oxygen atoms in total. The van der Waals surface area contributed by atoms with Gasteiger partial charge in [-0.15, -0.1) is 0 Å². The molecule has 1 aromatic carbocycles. The molecular formula is C10H12ClN3. The zero-order valence-corrected chi connectivity index (χ0v) is 8.62. The van der Waals surface area contributed by atoms with Crippen LogP contribution in [-0.2, 0) is 0 Å². The summed E-state index contributed by atoms with van der Waals surface area (Å²) in [5, 5.41) is 7.55. The first kappa shape index (κ1) is 10.8. The summed E-state index contributed by atoms with van der Waals surface area (Å²) in [5.74, 6) is 0. The molecule has 0 atom stereocenters. The van der Waals surface area contributed by atoms with Crippen molar-refractivity contribution in [1.29, 1.82) is 0 Å². The standard InChI is InChI=1S/C9H7ClN2.CH5N/c10-8-3-1-7(2-4-8)9-5-6-11-12-9;1-2/h1-6H,(H,11,12);2H2,1H3. The van der Waals surface area contributed by atoms with Gasteiger partial charge in [-0.3, -0.25) is 5.10 Å². The average Bonchev–Trinajstić information content (AvgIpc) is 2.75. The summed E-state index contributed by atoms with van der Waals surface area (Å²) in [5.41, 5.74) is 6.51. The van der Waals surface area contributed by atoms with Crippen LogP contribution in [0.1, 0.15) is 0 Å². The van der Waals surface area contributed by atoms with Crippen molar-refractivity contribution in [2.75, 3.05) is 7.05 Å². The fourth-order valence-electron chi connectivity index (χ4n) is 1.04. The maximum absolute atomic E-state index is 5.74. The lowest BCUT2D eigenvalue weighted by molar-refractivity contribution is 1.10. The monoisotopic (exact) mass is 209 g/mol. The fourth-order valence-corrected chi connectivity index (χ4v) is 1.17. The van der Waals surface area contributed by atoms with E-state index in [1.165, 1.54) is 7.05 Å². The van der Waals surface area contributed by atoms with Gasteiger partial charge in [0.1, 0.15) is 0 Å². The molecule has 2 aromatic rings. The molecule has 0 saturated carbocycles. The Morgan fingerprint density at radius 2 is 1.79 bits per heavy atom. The number of benzene rings is 1. The highest BCUT2D eigenvalue weighted by atomic mass is 35.5. The number of nitrogens with two attached hydrogens (primary N) is 1. The van der Waals surface area contributed by atoms with Crippen molar-refractivity contribution in [2.45, 2.75) is 0 Å². The zero-order valence-electron chi connectivity index (χ0n) is 7.87. The summed E-state index contributed by atoms with van der Waals surface area (Å²) in [6, 6.07) is 9.51. The van der Waals surface area contributed by atoms with Gasteiger partial charge in [-0.05, 0) is 25.2 Å². The van der Waals surface area contributed by atoms with Crippen LogP contribution >= 0.6 is 11.6 Å². The second kappa shape index (κ2) is 5.42. The van der Waals surface area contributed by atoms with Gasteiger partial charge in [-0.25, -0.2) is 0 Å². The number of H-pyrrole nitrogens is 1. The molecule has 0 fully saturated rings. The number of hydrogen-bond donors (Lipinski definition) is 2. The third kappa shape index (κ3) is 2.58. The quantitative estimate of drug-likeness (QED) is 0.757. The molecule has 0 aliphatic carbocycles. The molecule has 0 radical (unpaired) electrons. The summed E-state index contributed by atoms with van der Waals surface area (Å²) >= 11 is 5.74. The molecule has 0 aliphatic rings. The van der Waals surface area contributed by atoms with E-state index in [4.69, 9.17) is 11.6 Å². The zero-order chi connectivity index (χ0) is 10.4. The predicted molar refractivity (Wildman–Crippen MR) is 59.1 cm³/mol. The predicted octanol–water partition coefficient (Wildman–Crippen LogP) is 2.30. The Morgan fingerprint density at radius 3 is 2.29 bits per heavy atom. The Morgan fingerprint density at radius 1 is 1.14 bits per heavy atom. The Kier molecular flexibility index (Phi) is 4.16. The van der Waals surface area contributed by atoms with Gasteiger partial charge >= 0.3 is 0 Å². The molecule has 0 saturated heterocycles. The fraction of sp³-hybridized carbons (Fsp3) is 0.100. The van der Waals surface area contributed by atoms with Gasteiger partial charge in [0.05, 0.1) is 5.69 Å². The van der Waals surface area contributed by atoms with Gasteiger partial charge in [0.15, 0.2) is 0 Å². The van der Waals surface area contributed by atoms with Crippen LogP contribution in [0.5, 0.6) is 0 Å². The van der Waals surface area contributed by atoms with E-state index in [-0.39, 0.29) is 0 Å². The molecule has 0 aliphatic heterocycles. The lowest BCUT2D eigenvalue weighted by atomic mass is 10.2. The molecule has 0 unspecified atom stereocenters. The van der Waals surface area contributed by atoms with Gasteiger partial charge in [0.2, 0.25) is 0 Å². The lowest BCUT2D eigenvalue weighted by Crippen LogP contribution is -1.76. The van der Waals surface area contributed by atoms with E-state index in [0.29, 0.717) is 0 Å². The SMILES string of the molecule is CN.Clc1ccc(-c2cc[nH]n2)cc1. The molecule has 1 heterocycles. The maximum atomic E-state index is 5.74. The maximum Gasteiger partial charge on any atom is 0.0920 e. The van der Waals surface area contributed by atoms with Crippen LogP contribution < -0.4 is 5.73 Å². The van der Waals surface area contributed by atoms with Crippen molar-refractivity contribution < 1.29 is 0 Å². The first-order chi connectivity index (χ1) is 6.86. The number of rotatable bonds is 1. The molecule has 4 heteroatoms. The Bertz CT molecular complexity index is 353. The molecule has 14 heavy (non-hydrogen) atoms. The van der Waals surface area contributed by atoms with E-state index in [1.807, 2.05) is 30.3 Å². The first-order valence-electron chi connectivity index (χ1n) is 4.20. The van der Waals surface area contributed by atoms with E-state index < -0.39 is 0 Å². The third-order valence-electron chi connectivity index (χ3n) is 1.64. The summed E-state index contributed by atoms with van der Waals surface area (Å²) in [7, 11) is 1.50. The number of aromatic nitrogens is 2. The molecule has 0 bridgehead atoms. The molecule has 1 aromatic heterocycles. The van der Waals surface area contributed by atoms with Gasteiger partial charge < -0.3 is 5.73 Å². The Balaban J connectivity index is 0.000000461. The smallest absolute Gasteiger partial charge is 0.0920 e. The van der Waals surface area contributed by atoms with Crippen molar-refractivity contribution in [2.24, 2.45) is 5.73 Å². The first-order valence-corrected chi connectivity index (χ1v) is 4.57. The Hall–Kier alpha value is -1.32. The second-order valence-corrected chi connectivity index (χ2v) is 2.90. The largest absolute Gasteiger partial charge is 0.333 e. The van der Waals surface area contributed by atoms with E-state index in [0.717, 1.165) is 16.3 Å². The highest BCUT2D eigenvalue weighted by molar-refractivity contribution is 6.30. The molecule has 0 amide bonds. The number of aromatic amines is 1. The molecule has 2 rings (SSSR count). The normalized spacial score (nSPS) is 9.07. The van der Waals surface area contributed by atoms with Crippen LogP contribution in [0, 0.1) is 0 Å². The minimum Gasteiger partial charge on any atom is -0.333 e. The van der Waals surface area contributed by atoms with Gasteiger partial charge in [-0.2, -0.15) is 5.10 Å². The second-order valence-electron chi connectivity index (χ2n) is 2.47. The molecular weight excluding hydrogens is 198 g/mol. The van der Waals surface area contributed by atoms with Crippen LogP contribution in [0.2, 0.25) is 5.02 Å². The van der Waals surface area contributed by atoms with Gasteiger partial charge in [0, 0.05) is 16.8 Å². The van der Waals surface area contributed by atoms with Crippen molar-refractivity contribution in [3.05, 3.63) is 41.6 Å². The van der Waals surface area contributed by atoms with Crippen LogP contribution in [0.4, 0.5) is 0 Å². The number of nitrogens with one attached hydrogen (secondary N) is 1. The molecule has 3 N–H and O–H groups in total. The summed E-state index contributed by atoms with van der Waals surface area (Å²) in [6.07, 6.45) is 1.80. The van der Waals surface area contributed by atoms with E-state index in [1.54, 1.807) is 6.20 Å². The highest BCUT2D eigenvalue weighted by Crippen LogP contribution is 2.18. The minimum absolute atomic E-state index is 0.745. The van der Waals surface area contributed by atoms with Crippen LogP contribution in [-0.4, -0.2) is 17.2 Å². The van der Waals surface area contributed by atoms with Crippen molar-refractivity contribution in [3.8, 4) is 11.3 Å². The van der Waals surface area contributed by atoms with Gasteiger partial charge in [0.25, 0.3) is 0 Å². The van der Waals surface area contributed by atoms with Crippen LogP contribution in [0.3, 0.4) is 0 Å². The van der Waals surface area contributed by atoms with Crippen molar-refractivity contribution in [3.63, 3.8) is 0 Å². The number of nitrogens with zero attached hydrogens (tertiary/aromatic N) is 1. The highest BCUT2D eigenvalue weighted by Gasteiger charge is 1.97. The van der Waals surface area contributed by atoms with E-state index in [2.05, 4.69) is 15.9 Å². The minimum atomic E-state index is 0.745. The van der Waals surface area contributed by atoms with E-state index in [9.17, 15) is 0 Å². The van der Waals surface area contributed by atoms with Gasteiger partial charge in [-0.1, -0.05) is 23.7 Å². The van der Waals surface area contributed by atoms with Crippen LogP contribution in [0.25, 0.3) is 11.3 Å². The third-order valence-corrected chi connectivity index (χ3v) is 1.89. The summed E-state index contributed by atoms with van der Waals surface area (Å²) < 4.78 is 0. The summed E-state index contributed by atoms with van der Waals surface area (Å²) in [4.78, 5) is 0. The van der Waals surface area contributed by atoms with E-state index >= 15 is 0 Å². The summed E-state index contributed by atoms with van der Waals surface area (Å²) in [6.45, 7) is 0.